The molecule has 2 nitrogen and oxygen atoms in total. The van der Waals surface area contributed by atoms with Crippen molar-refractivity contribution in [1.29, 1.82) is 0 Å². The Morgan fingerprint density at radius 1 is 0.739 bits per heavy atom. The van der Waals surface area contributed by atoms with E-state index in [-0.39, 0.29) is 5.91 Å². The van der Waals surface area contributed by atoms with E-state index in [9.17, 15) is 4.79 Å². The van der Waals surface area contributed by atoms with E-state index in [4.69, 9.17) is 0 Å². The van der Waals surface area contributed by atoms with Crippen LogP contribution in [0, 0.1) is 0 Å². The number of amides is 1. The van der Waals surface area contributed by atoms with Crippen molar-refractivity contribution in [2.45, 2.75) is 6.92 Å². The molecule has 0 aliphatic carbocycles. The normalized spacial score (nSPS) is 11.7. The minimum atomic E-state index is -0.202. The Morgan fingerprint density at radius 2 is 1.22 bits per heavy atom. The van der Waals surface area contributed by atoms with Crippen LogP contribution in [-0.4, -0.2) is 12.1 Å². The summed E-state index contributed by atoms with van der Waals surface area (Å²) in [6.07, 6.45) is 1.53. The topological polar surface area (TPSA) is 29.4 Å². The van der Waals surface area contributed by atoms with Crippen LogP contribution in [-0.2, 0) is 0 Å². The molecule has 0 bridgehead atoms. The Kier molecular flexibility index (Phi) is 3.16. The zero-order chi connectivity index (χ0) is 15.8. The van der Waals surface area contributed by atoms with Gasteiger partial charge in [0, 0.05) is 11.8 Å². The maximum absolute atomic E-state index is 12.1. The molecule has 0 saturated carbocycles. The monoisotopic (exact) mass is 297 g/mol. The summed E-state index contributed by atoms with van der Waals surface area (Å²) < 4.78 is 0. The van der Waals surface area contributed by atoms with E-state index in [1.165, 1.54) is 22.4 Å². The number of aliphatic imine (C=N–C) groups is 1. The van der Waals surface area contributed by atoms with Crippen LogP contribution in [0.2, 0.25) is 0 Å². The van der Waals surface area contributed by atoms with E-state index >= 15 is 0 Å². The van der Waals surface area contributed by atoms with E-state index < -0.39 is 0 Å². The third kappa shape index (κ3) is 2.11. The SMILES string of the molecule is C/C=N/C(=O)c1ccc2c3ccccc3c3ccccc3c2c1. The predicted octanol–water partition coefficient (Wildman–Crippen LogP) is 5.38. The number of hydrogen-bond acceptors (Lipinski definition) is 1. The second kappa shape index (κ2) is 5.33. The van der Waals surface area contributed by atoms with Crippen molar-refractivity contribution in [1.82, 2.24) is 0 Å². The molecule has 0 spiro atoms. The minimum absolute atomic E-state index is 0.202. The molecular formula is C21H15NO. The number of carbonyl (C=O) groups is 1. The average molecular weight is 297 g/mol. The first-order chi connectivity index (χ1) is 11.3. The molecule has 0 N–H and O–H groups in total. The van der Waals surface area contributed by atoms with Crippen LogP contribution in [0.15, 0.2) is 71.7 Å². The summed E-state index contributed by atoms with van der Waals surface area (Å²) in [4.78, 5) is 16.0. The van der Waals surface area contributed by atoms with Crippen molar-refractivity contribution >= 4 is 44.4 Å². The first-order valence-corrected chi connectivity index (χ1v) is 7.66. The molecular weight excluding hydrogens is 282 g/mol. The highest BCUT2D eigenvalue weighted by molar-refractivity contribution is 6.26. The summed E-state index contributed by atoms with van der Waals surface area (Å²) in [6, 6.07) is 22.6. The van der Waals surface area contributed by atoms with Crippen LogP contribution in [0.1, 0.15) is 17.3 Å². The molecule has 0 radical (unpaired) electrons. The van der Waals surface area contributed by atoms with Crippen molar-refractivity contribution in [3.63, 3.8) is 0 Å². The Morgan fingerprint density at radius 3 is 1.74 bits per heavy atom. The first kappa shape index (κ1) is 13.6. The summed E-state index contributed by atoms with van der Waals surface area (Å²) in [5, 5.41) is 7.07. The maximum Gasteiger partial charge on any atom is 0.276 e. The lowest BCUT2D eigenvalue weighted by Crippen LogP contribution is -1.95. The van der Waals surface area contributed by atoms with Gasteiger partial charge in [0.15, 0.2) is 0 Å². The molecule has 0 aliphatic rings. The molecule has 4 rings (SSSR count). The summed E-state index contributed by atoms with van der Waals surface area (Å²) in [5.41, 5.74) is 0.621. The molecule has 1 amide bonds. The lowest BCUT2D eigenvalue weighted by Gasteiger charge is -2.10. The molecule has 110 valence electrons. The Labute approximate surface area is 134 Å². The van der Waals surface area contributed by atoms with Crippen molar-refractivity contribution in [3.05, 3.63) is 72.3 Å². The van der Waals surface area contributed by atoms with E-state index in [1.807, 2.05) is 24.3 Å². The van der Waals surface area contributed by atoms with Gasteiger partial charge in [0.05, 0.1) is 0 Å². The van der Waals surface area contributed by atoms with E-state index in [0.29, 0.717) is 5.56 Å². The molecule has 4 aromatic carbocycles. The molecule has 0 heterocycles. The van der Waals surface area contributed by atoms with Gasteiger partial charge in [-0.1, -0.05) is 54.6 Å². The van der Waals surface area contributed by atoms with Crippen molar-refractivity contribution in [3.8, 4) is 0 Å². The zero-order valence-electron chi connectivity index (χ0n) is 12.8. The summed E-state index contributed by atoms with van der Waals surface area (Å²) in [5.74, 6) is -0.202. The number of carbonyl (C=O) groups excluding carboxylic acids is 1. The van der Waals surface area contributed by atoms with E-state index in [1.54, 1.807) is 6.92 Å². The van der Waals surface area contributed by atoms with Crippen molar-refractivity contribution in [2.75, 3.05) is 0 Å². The predicted molar refractivity (Wildman–Crippen MR) is 97.5 cm³/mol. The lowest BCUT2D eigenvalue weighted by molar-refractivity contribution is 0.100. The highest BCUT2D eigenvalue weighted by Gasteiger charge is 2.10. The Hall–Kier alpha value is -3.00. The smallest absolute Gasteiger partial charge is 0.267 e. The fourth-order valence-corrected chi connectivity index (χ4v) is 3.23. The fourth-order valence-electron chi connectivity index (χ4n) is 3.23. The Bertz CT molecular complexity index is 1060. The van der Waals surface area contributed by atoms with Crippen LogP contribution in [0.3, 0.4) is 0 Å². The quantitative estimate of drug-likeness (QED) is 0.343. The highest BCUT2D eigenvalue weighted by Crippen LogP contribution is 2.35. The number of fused-ring (bicyclic) bond motifs is 6. The van der Waals surface area contributed by atoms with Gasteiger partial charge < -0.3 is 0 Å². The van der Waals surface area contributed by atoms with Crippen LogP contribution >= 0.6 is 0 Å². The summed E-state index contributed by atoms with van der Waals surface area (Å²) >= 11 is 0. The number of benzene rings is 4. The van der Waals surface area contributed by atoms with Gasteiger partial charge in [-0.15, -0.1) is 0 Å². The maximum atomic E-state index is 12.1. The van der Waals surface area contributed by atoms with Crippen LogP contribution in [0.5, 0.6) is 0 Å². The molecule has 2 heteroatoms. The average Bonchev–Trinajstić information content (AvgIpc) is 2.62. The Balaban J connectivity index is 2.19. The molecule has 23 heavy (non-hydrogen) atoms. The van der Waals surface area contributed by atoms with Gasteiger partial charge in [0.1, 0.15) is 0 Å². The highest BCUT2D eigenvalue weighted by atomic mass is 16.1. The molecule has 0 unspecified atom stereocenters. The third-order valence-electron chi connectivity index (χ3n) is 4.24. The number of nitrogens with zero attached hydrogens (tertiary/aromatic N) is 1. The molecule has 0 saturated heterocycles. The zero-order valence-corrected chi connectivity index (χ0v) is 12.8. The van der Waals surface area contributed by atoms with Gasteiger partial charge in [-0.05, 0) is 51.4 Å². The third-order valence-corrected chi connectivity index (χ3v) is 4.24. The minimum Gasteiger partial charge on any atom is -0.267 e. The largest absolute Gasteiger partial charge is 0.276 e. The van der Waals surface area contributed by atoms with Crippen LogP contribution in [0.25, 0.3) is 32.3 Å². The van der Waals surface area contributed by atoms with Gasteiger partial charge in [-0.3, -0.25) is 4.79 Å². The molecule has 0 aromatic heterocycles. The molecule has 0 aliphatic heterocycles. The van der Waals surface area contributed by atoms with Gasteiger partial charge in [0.2, 0.25) is 0 Å². The fraction of sp³-hybridized carbons (Fsp3) is 0.0476. The van der Waals surface area contributed by atoms with Gasteiger partial charge in [-0.25, -0.2) is 4.99 Å². The number of rotatable bonds is 1. The molecule has 0 fully saturated rings. The first-order valence-electron chi connectivity index (χ1n) is 7.66. The summed E-state index contributed by atoms with van der Waals surface area (Å²) in [7, 11) is 0. The van der Waals surface area contributed by atoms with Gasteiger partial charge in [-0.2, -0.15) is 0 Å². The van der Waals surface area contributed by atoms with E-state index in [0.717, 1.165) is 16.2 Å². The van der Waals surface area contributed by atoms with Gasteiger partial charge in [0.25, 0.3) is 5.91 Å². The number of hydrogen-bond donors (Lipinski definition) is 0. The van der Waals surface area contributed by atoms with Crippen molar-refractivity contribution in [2.24, 2.45) is 4.99 Å². The van der Waals surface area contributed by atoms with Crippen LogP contribution in [0.4, 0.5) is 0 Å². The lowest BCUT2D eigenvalue weighted by atomic mass is 9.93. The molecule has 4 aromatic rings. The summed E-state index contributed by atoms with van der Waals surface area (Å²) in [6.45, 7) is 1.75. The van der Waals surface area contributed by atoms with Crippen molar-refractivity contribution < 1.29 is 4.79 Å². The molecule has 0 atom stereocenters. The van der Waals surface area contributed by atoms with E-state index in [2.05, 4.69) is 47.5 Å². The van der Waals surface area contributed by atoms with Crippen LogP contribution < -0.4 is 0 Å². The second-order valence-corrected chi connectivity index (χ2v) is 5.54. The second-order valence-electron chi connectivity index (χ2n) is 5.54. The van der Waals surface area contributed by atoms with Gasteiger partial charge >= 0.3 is 0 Å². The standard InChI is InChI=1S/C21H15NO/c1-2-22-21(23)14-11-12-19-17-9-4-3-7-15(17)16-8-5-6-10-18(16)20(19)13-14/h2-13H,1H3/b22-2+.